The van der Waals surface area contributed by atoms with Crippen LogP contribution in [0, 0.1) is 0 Å². The molecule has 2 N–H and O–H groups in total. The first kappa shape index (κ1) is 13.9. The van der Waals surface area contributed by atoms with Gasteiger partial charge in [-0.15, -0.1) is 5.10 Å². The van der Waals surface area contributed by atoms with Crippen molar-refractivity contribution in [1.82, 2.24) is 15.5 Å². The van der Waals surface area contributed by atoms with E-state index in [0.29, 0.717) is 0 Å². The van der Waals surface area contributed by atoms with E-state index in [-0.39, 0.29) is 11.0 Å². The van der Waals surface area contributed by atoms with Crippen LogP contribution in [0.1, 0.15) is 40.3 Å². The van der Waals surface area contributed by atoms with Crippen molar-refractivity contribution in [3.63, 3.8) is 0 Å². The number of nitrogens with zero attached hydrogens (tertiary/aromatic N) is 2. The molecule has 1 aromatic rings. The Labute approximate surface area is 104 Å². The molecule has 0 aliphatic heterocycles. The van der Waals surface area contributed by atoms with Gasteiger partial charge in [-0.25, -0.2) is 0 Å². The molecule has 0 radical (unpaired) electrons. The molecular weight excluding hydrogens is 212 g/mol. The Morgan fingerprint density at radius 3 is 2.12 bits per heavy atom. The molecule has 17 heavy (non-hydrogen) atoms. The molecule has 1 rings (SSSR count). The molecule has 1 heterocycles. The van der Waals surface area contributed by atoms with Gasteiger partial charge >= 0.3 is 0 Å². The van der Waals surface area contributed by atoms with Gasteiger partial charge in [0, 0.05) is 17.5 Å². The Balaban J connectivity index is 2.75. The van der Waals surface area contributed by atoms with E-state index in [0.717, 1.165) is 18.1 Å². The van der Waals surface area contributed by atoms with Gasteiger partial charge in [0.05, 0.1) is 5.69 Å². The summed E-state index contributed by atoms with van der Waals surface area (Å²) in [7, 11) is 1.94. The van der Waals surface area contributed by atoms with E-state index in [9.17, 15) is 0 Å². The number of anilines is 1. The monoisotopic (exact) mass is 236 g/mol. The zero-order valence-corrected chi connectivity index (χ0v) is 11.8. The van der Waals surface area contributed by atoms with Crippen LogP contribution in [0.2, 0.25) is 0 Å². The maximum absolute atomic E-state index is 4.26. The second-order valence-electron chi connectivity index (χ2n) is 6.09. The number of nitrogens with one attached hydrogen (secondary N) is 2. The van der Waals surface area contributed by atoms with E-state index in [2.05, 4.69) is 55.4 Å². The van der Waals surface area contributed by atoms with E-state index in [1.807, 2.05) is 19.2 Å². The molecule has 96 valence electrons. The summed E-state index contributed by atoms with van der Waals surface area (Å²) >= 11 is 0. The van der Waals surface area contributed by atoms with E-state index in [4.69, 9.17) is 0 Å². The zero-order valence-electron chi connectivity index (χ0n) is 11.8. The standard InChI is InChI=1S/C13H24N4/c1-12(2,3)10-7-8-11(17-16-10)15-13(4,5)9-14-6/h7-8,14H,9H2,1-6H3,(H,15,17). The first-order valence-corrected chi connectivity index (χ1v) is 6.02. The highest BCUT2D eigenvalue weighted by molar-refractivity contribution is 5.37. The molecule has 4 heteroatoms. The molecule has 0 aliphatic rings. The van der Waals surface area contributed by atoms with E-state index < -0.39 is 0 Å². The summed E-state index contributed by atoms with van der Waals surface area (Å²) < 4.78 is 0. The highest BCUT2D eigenvalue weighted by Crippen LogP contribution is 2.20. The smallest absolute Gasteiger partial charge is 0.149 e. The number of likely N-dealkylation sites (N-methyl/N-ethyl adjacent to an activating group) is 1. The summed E-state index contributed by atoms with van der Waals surface area (Å²) in [6, 6.07) is 4.02. The highest BCUT2D eigenvalue weighted by atomic mass is 15.2. The Hall–Kier alpha value is -1.16. The Morgan fingerprint density at radius 1 is 1.06 bits per heavy atom. The summed E-state index contributed by atoms with van der Waals surface area (Å²) in [6.45, 7) is 11.5. The maximum atomic E-state index is 4.26. The van der Waals surface area contributed by atoms with Gasteiger partial charge < -0.3 is 10.6 Å². The van der Waals surface area contributed by atoms with Crippen LogP contribution in [-0.2, 0) is 5.41 Å². The van der Waals surface area contributed by atoms with Gasteiger partial charge in [-0.1, -0.05) is 20.8 Å². The largest absolute Gasteiger partial charge is 0.362 e. The third-order valence-corrected chi connectivity index (χ3v) is 2.52. The SMILES string of the molecule is CNCC(C)(C)Nc1ccc(C(C)(C)C)nn1. The lowest BCUT2D eigenvalue weighted by molar-refractivity contribution is 0.524. The second-order valence-corrected chi connectivity index (χ2v) is 6.09. The van der Waals surface area contributed by atoms with Crippen LogP contribution in [-0.4, -0.2) is 29.3 Å². The molecular formula is C13H24N4. The highest BCUT2D eigenvalue weighted by Gasteiger charge is 2.19. The van der Waals surface area contributed by atoms with Crippen LogP contribution in [0.15, 0.2) is 12.1 Å². The minimum Gasteiger partial charge on any atom is -0.362 e. The van der Waals surface area contributed by atoms with Crippen LogP contribution in [0.4, 0.5) is 5.82 Å². The van der Waals surface area contributed by atoms with Crippen molar-refractivity contribution in [3.05, 3.63) is 17.8 Å². The quantitative estimate of drug-likeness (QED) is 0.841. The zero-order chi connectivity index (χ0) is 13.1. The average Bonchev–Trinajstić information content (AvgIpc) is 2.16. The third-order valence-electron chi connectivity index (χ3n) is 2.52. The lowest BCUT2D eigenvalue weighted by Crippen LogP contribution is -2.41. The average molecular weight is 236 g/mol. The van der Waals surface area contributed by atoms with Crippen molar-refractivity contribution in [2.75, 3.05) is 18.9 Å². The van der Waals surface area contributed by atoms with Crippen LogP contribution >= 0.6 is 0 Å². The van der Waals surface area contributed by atoms with Crippen molar-refractivity contribution >= 4 is 5.82 Å². The number of hydrogen-bond acceptors (Lipinski definition) is 4. The Morgan fingerprint density at radius 2 is 1.71 bits per heavy atom. The van der Waals surface area contributed by atoms with Crippen molar-refractivity contribution in [1.29, 1.82) is 0 Å². The summed E-state index contributed by atoms with van der Waals surface area (Å²) in [5.74, 6) is 0.818. The predicted molar refractivity (Wildman–Crippen MR) is 72.4 cm³/mol. The molecule has 0 spiro atoms. The number of hydrogen-bond donors (Lipinski definition) is 2. The first-order chi connectivity index (χ1) is 7.74. The van der Waals surface area contributed by atoms with E-state index in [1.165, 1.54) is 0 Å². The molecule has 0 aromatic carbocycles. The molecule has 0 unspecified atom stereocenters. The summed E-state index contributed by atoms with van der Waals surface area (Å²) in [5, 5.41) is 15.0. The van der Waals surface area contributed by atoms with Crippen LogP contribution in [0.25, 0.3) is 0 Å². The van der Waals surface area contributed by atoms with Gasteiger partial charge in [-0.05, 0) is 33.0 Å². The number of aromatic nitrogens is 2. The molecule has 0 saturated carbocycles. The van der Waals surface area contributed by atoms with Crippen LogP contribution < -0.4 is 10.6 Å². The first-order valence-electron chi connectivity index (χ1n) is 6.02. The molecule has 0 amide bonds. The third kappa shape index (κ3) is 4.30. The van der Waals surface area contributed by atoms with Crippen LogP contribution in [0.3, 0.4) is 0 Å². The molecule has 0 saturated heterocycles. The summed E-state index contributed by atoms with van der Waals surface area (Å²) in [4.78, 5) is 0. The maximum Gasteiger partial charge on any atom is 0.149 e. The second kappa shape index (κ2) is 5.00. The lowest BCUT2D eigenvalue weighted by Gasteiger charge is -2.26. The molecule has 0 atom stereocenters. The van der Waals surface area contributed by atoms with Gasteiger partial charge in [0.2, 0.25) is 0 Å². The topological polar surface area (TPSA) is 49.8 Å². The lowest BCUT2D eigenvalue weighted by atomic mass is 9.92. The summed E-state index contributed by atoms with van der Waals surface area (Å²) in [6.07, 6.45) is 0. The van der Waals surface area contributed by atoms with Crippen molar-refractivity contribution in [2.45, 2.75) is 45.6 Å². The molecule has 4 nitrogen and oxygen atoms in total. The molecule has 0 aliphatic carbocycles. The van der Waals surface area contributed by atoms with E-state index >= 15 is 0 Å². The fourth-order valence-corrected chi connectivity index (χ4v) is 1.63. The Kier molecular flexibility index (Phi) is 4.09. The van der Waals surface area contributed by atoms with Crippen molar-refractivity contribution in [2.24, 2.45) is 0 Å². The molecule has 0 fully saturated rings. The van der Waals surface area contributed by atoms with E-state index in [1.54, 1.807) is 0 Å². The van der Waals surface area contributed by atoms with Gasteiger partial charge in [-0.2, -0.15) is 5.10 Å². The van der Waals surface area contributed by atoms with Gasteiger partial charge in [0.25, 0.3) is 0 Å². The normalized spacial score (nSPS) is 12.6. The van der Waals surface area contributed by atoms with Crippen LogP contribution in [0.5, 0.6) is 0 Å². The van der Waals surface area contributed by atoms with Gasteiger partial charge in [0.1, 0.15) is 5.82 Å². The van der Waals surface area contributed by atoms with Crippen molar-refractivity contribution < 1.29 is 0 Å². The van der Waals surface area contributed by atoms with Gasteiger partial charge in [0.15, 0.2) is 0 Å². The Bertz CT molecular complexity index is 349. The van der Waals surface area contributed by atoms with Gasteiger partial charge in [-0.3, -0.25) is 0 Å². The fourth-order valence-electron chi connectivity index (χ4n) is 1.63. The molecule has 0 bridgehead atoms. The number of rotatable bonds is 4. The fraction of sp³-hybridized carbons (Fsp3) is 0.692. The summed E-state index contributed by atoms with van der Waals surface area (Å²) in [5.41, 5.74) is 1.02. The minimum absolute atomic E-state index is 0.0350. The molecule has 1 aromatic heterocycles. The predicted octanol–water partition coefficient (Wildman–Crippen LogP) is 2.18. The minimum atomic E-state index is -0.0350. The van der Waals surface area contributed by atoms with Crippen molar-refractivity contribution in [3.8, 4) is 0 Å².